The van der Waals surface area contributed by atoms with Crippen LogP contribution in [0.4, 0.5) is 23.2 Å². The molecule has 0 spiro atoms. The van der Waals surface area contributed by atoms with Crippen LogP contribution in [0.3, 0.4) is 0 Å². The maximum Gasteiger partial charge on any atom is 0.416 e. The van der Waals surface area contributed by atoms with Crippen LogP contribution in [0.15, 0.2) is 60.0 Å². The lowest BCUT2D eigenvalue weighted by Crippen LogP contribution is -2.31. The minimum Gasteiger partial charge on any atom is -0.494 e. The third-order valence-electron chi connectivity index (χ3n) is 3.49. The number of hydrogen-bond donors (Lipinski definition) is 0. The molecule has 0 aliphatic heterocycles. The van der Waals surface area contributed by atoms with Gasteiger partial charge in [0.2, 0.25) is 0 Å². The normalized spacial score (nSPS) is 11.9. The van der Waals surface area contributed by atoms with E-state index in [0.717, 1.165) is 46.8 Å². The van der Waals surface area contributed by atoms with Crippen molar-refractivity contribution < 1.29 is 30.7 Å². The largest absolute Gasteiger partial charge is 0.494 e. The molecule has 0 bridgehead atoms. The molecule has 140 valence electrons. The summed E-state index contributed by atoms with van der Waals surface area (Å²) in [6, 6.07) is 6.70. The molecule has 26 heavy (non-hydrogen) atoms. The van der Waals surface area contributed by atoms with E-state index < -0.39 is 27.6 Å². The van der Waals surface area contributed by atoms with Gasteiger partial charge in [-0.05, 0) is 42.5 Å². The standard InChI is InChI=1S/C17H15F4NO3S/c1-3-10-22(13-6-4-12(5-7-13)17(19,20)21)26(23,24)14-8-9-16(25-2)15(18)11-14/h3-9,11H,1,10H2,2H3. The fourth-order valence-electron chi connectivity index (χ4n) is 2.21. The highest BCUT2D eigenvalue weighted by Gasteiger charge is 2.31. The summed E-state index contributed by atoms with van der Waals surface area (Å²) in [5.74, 6) is -1.01. The predicted molar refractivity (Wildman–Crippen MR) is 89.1 cm³/mol. The van der Waals surface area contributed by atoms with Crippen molar-refractivity contribution in [3.8, 4) is 5.75 Å². The molecule has 0 fully saturated rings. The Kier molecular flexibility index (Phi) is 5.60. The summed E-state index contributed by atoms with van der Waals surface area (Å²) in [5.41, 5.74) is -0.915. The number of anilines is 1. The summed E-state index contributed by atoms with van der Waals surface area (Å²) in [7, 11) is -2.99. The van der Waals surface area contributed by atoms with Gasteiger partial charge >= 0.3 is 6.18 Å². The lowest BCUT2D eigenvalue weighted by Gasteiger charge is -2.23. The molecule has 2 aromatic carbocycles. The highest BCUT2D eigenvalue weighted by atomic mass is 32.2. The van der Waals surface area contributed by atoms with Crippen LogP contribution < -0.4 is 9.04 Å². The molecule has 0 radical (unpaired) electrons. The van der Waals surface area contributed by atoms with E-state index in [1.165, 1.54) is 13.2 Å². The zero-order valence-corrected chi connectivity index (χ0v) is 14.4. The maximum atomic E-state index is 13.9. The van der Waals surface area contributed by atoms with E-state index in [1.807, 2.05) is 0 Å². The molecule has 4 nitrogen and oxygen atoms in total. The monoisotopic (exact) mass is 389 g/mol. The van der Waals surface area contributed by atoms with Gasteiger partial charge in [0, 0.05) is 0 Å². The van der Waals surface area contributed by atoms with Crippen LogP contribution in [0.1, 0.15) is 5.56 Å². The number of ether oxygens (including phenoxy) is 1. The van der Waals surface area contributed by atoms with E-state index in [-0.39, 0.29) is 22.9 Å². The molecule has 0 amide bonds. The summed E-state index contributed by atoms with van der Waals surface area (Å²) in [4.78, 5) is -0.363. The molecule has 0 unspecified atom stereocenters. The van der Waals surface area contributed by atoms with Crippen LogP contribution in [0.2, 0.25) is 0 Å². The lowest BCUT2D eigenvalue weighted by atomic mass is 10.2. The summed E-state index contributed by atoms with van der Waals surface area (Å²) in [6.07, 6.45) is -3.27. The van der Waals surface area contributed by atoms with Crippen molar-refractivity contribution in [2.45, 2.75) is 11.1 Å². The number of sulfonamides is 1. The second-order valence-corrected chi connectivity index (χ2v) is 7.03. The second-order valence-electron chi connectivity index (χ2n) is 5.17. The van der Waals surface area contributed by atoms with Crippen LogP contribution in [-0.4, -0.2) is 22.1 Å². The topological polar surface area (TPSA) is 46.6 Å². The molecule has 0 saturated heterocycles. The van der Waals surface area contributed by atoms with Crippen LogP contribution >= 0.6 is 0 Å². The quantitative estimate of drug-likeness (QED) is 0.549. The highest BCUT2D eigenvalue weighted by molar-refractivity contribution is 7.92. The van der Waals surface area contributed by atoms with E-state index in [1.54, 1.807) is 0 Å². The van der Waals surface area contributed by atoms with Gasteiger partial charge in [-0.15, -0.1) is 6.58 Å². The zero-order valence-electron chi connectivity index (χ0n) is 13.6. The number of hydrogen-bond acceptors (Lipinski definition) is 3. The van der Waals surface area contributed by atoms with Crippen LogP contribution in [0.5, 0.6) is 5.75 Å². The Morgan fingerprint density at radius 1 is 1.15 bits per heavy atom. The Balaban J connectivity index is 2.48. The fraction of sp³-hybridized carbons (Fsp3) is 0.176. The Labute approximate surface area is 148 Å². The van der Waals surface area contributed by atoms with Gasteiger partial charge in [-0.2, -0.15) is 13.2 Å². The first kappa shape index (κ1) is 19.8. The fourth-order valence-corrected chi connectivity index (χ4v) is 3.66. The molecular formula is C17H15F4NO3S. The van der Waals surface area contributed by atoms with Crippen molar-refractivity contribution in [3.05, 3.63) is 66.5 Å². The highest BCUT2D eigenvalue weighted by Crippen LogP contribution is 2.32. The van der Waals surface area contributed by atoms with Gasteiger partial charge in [0.1, 0.15) is 0 Å². The zero-order chi connectivity index (χ0) is 19.5. The van der Waals surface area contributed by atoms with Gasteiger partial charge in [0.25, 0.3) is 10.0 Å². The average Bonchev–Trinajstić information content (AvgIpc) is 2.58. The molecule has 2 rings (SSSR count). The summed E-state index contributed by atoms with van der Waals surface area (Å²) >= 11 is 0. The molecule has 0 atom stereocenters. The number of benzene rings is 2. The summed E-state index contributed by atoms with van der Waals surface area (Å²) in [6.45, 7) is 3.25. The van der Waals surface area contributed by atoms with Gasteiger partial charge in [0.15, 0.2) is 11.6 Å². The SMILES string of the molecule is C=CCN(c1ccc(C(F)(F)F)cc1)S(=O)(=O)c1ccc(OC)c(F)c1. The van der Waals surface area contributed by atoms with Crippen molar-refractivity contribution in [1.29, 1.82) is 0 Å². The first-order valence-electron chi connectivity index (χ1n) is 7.25. The minimum atomic E-state index is -4.54. The van der Waals surface area contributed by atoms with Crippen molar-refractivity contribution in [2.75, 3.05) is 18.0 Å². The van der Waals surface area contributed by atoms with Gasteiger partial charge in [-0.1, -0.05) is 6.08 Å². The number of rotatable bonds is 6. The molecule has 2 aromatic rings. The molecule has 0 aliphatic rings. The van der Waals surface area contributed by atoms with Crippen LogP contribution in [0, 0.1) is 5.82 Å². The number of halogens is 4. The van der Waals surface area contributed by atoms with Crippen LogP contribution in [0.25, 0.3) is 0 Å². The number of alkyl halides is 3. The van der Waals surface area contributed by atoms with E-state index >= 15 is 0 Å². The van der Waals surface area contributed by atoms with E-state index in [2.05, 4.69) is 6.58 Å². The van der Waals surface area contributed by atoms with Crippen molar-refractivity contribution in [2.24, 2.45) is 0 Å². The third-order valence-corrected chi connectivity index (χ3v) is 5.28. The Bertz CT molecular complexity index is 893. The van der Waals surface area contributed by atoms with Crippen LogP contribution in [-0.2, 0) is 16.2 Å². The van der Waals surface area contributed by atoms with Crippen molar-refractivity contribution >= 4 is 15.7 Å². The summed E-state index contributed by atoms with van der Waals surface area (Å²) < 4.78 is 83.1. The van der Waals surface area contributed by atoms with E-state index in [4.69, 9.17) is 4.74 Å². The van der Waals surface area contributed by atoms with Crippen molar-refractivity contribution in [3.63, 3.8) is 0 Å². The number of methoxy groups -OCH3 is 1. The Morgan fingerprint density at radius 3 is 2.23 bits per heavy atom. The smallest absolute Gasteiger partial charge is 0.416 e. The van der Waals surface area contributed by atoms with Gasteiger partial charge in [-0.3, -0.25) is 4.31 Å². The van der Waals surface area contributed by atoms with Gasteiger partial charge in [-0.25, -0.2) is 12.8 Å². The summed E-state index contributed by atoms with van der Waals surface area (Å²) in [5, 5.41) is 0. The lowest BCUT2D eigenvalue weighted by molar-refractivity contribution is -0.137. The second kappa shape index (κ2) is 7.36. The Morgan fingerprint density at radius 2 is 1.77 bits per heavy atom. The molecule has 0 aliphatic carbocycles. The first-order chi connectivity index (χ1) is 12.1. The molecule has 9 heteroatoms. The third kappa shape index (κ3) is 3.98. The molecular weight excluding hydrogens is 374 g/mol. The van der Waals surface area contributed by atoms with E-state index in [0.29, 0.717) is 0 Å². The molecule has 0 N–H and O–H groups in total. The van der Waals surface area contributed by atoms with E-state index in [9.17, 15) is 26.0 Å². The first-order valence-corrected chi connectivity index (χ1v) is 8.69. The number of nitrogens with zero attached hydrogens (tertiary/aromatic N) is 1. The minimum absolute atomic E-state index is 0.00544. The molecule has 0 heterocycles. The maximum absolute atomic E-state index is 13.9. The Hall–Kier alpha value is -2.55. The molecule has 0 saturated carbocycles. The molecule has 0 aromatic heterocycles. The van der Waals surface area contributed by atoms with Gasteiger partial charge < -0.3 is 4.74 Å². The average molecular weight is 389 g/mol. The predicted octanol–water partition coefficient (Wildman–Crippen LogP) is 4.23. The van der Waals surface area contributed by atoms with Crippen molar-refractivity contribution in [1.82, 2.24) is 0 Å². The van der Waals surface area contributed by atoms with Gasteiger partial charge in [0.05, 0.1) is 29.8 Å².